The molecule has 0 aliphatic rings. The van der Waals surface area contributed by atoms with Gasteiger partial charge in [-0.3, -0.25) is 9.59 Å². The Morgan fingerprint density at radius 2 is 1.72 bits per heavy atom. The fraction of sp³-hybridized carbons (Fsp3) is 0.130. The van der Waals surface area contributed by atoms with Crippen molar-refractivity contribution in [2.75, 3.05) is 19.5 Å². The van der Waals surface area contributed by atoms with Crippen LogP contribution in [0, 0.1) is 6.92 Å². The van der Waals surface area contributed by atoms with Crippen LogP contribution in [0.15, 0.2) is 63.8 Å². The van der Waals surface area contributed by atoms with Gasteiger partial charge in [-0.05, 0) is 48.9 Å². The molecule has 0 spiro atoms. The van der Waals surface area contributed by atoms with Gasteiger partial charge in [-0.1, -0.05) is 12.1 Å². The molecule has 4 rings (SSSR count). The van der Waals surface area contributed by atoms with E-state index >= 15 is 0 Å². The lowest BCUT2D eigenvalue weighted by Crippen LogP contribution is -2.12. The summed E-state index contributed by atoms with van der Waals surface area (Å²) < 4.78 is 16.4. The Labute approximate surface area is 166 Å². The van der Waals surface area contributed by atoms with E-state index in [1.165, 1.54) is 14.2 Å². The molecule has 1 N–H and O–H groups in total. The number of aryl methyl sites for hydroxylation is 1. The van der Waals surface area contributed by atoms with E-state index in [-0.39, 0.29) is 11.3 Å². The number of hydrogen-bond donors (Lipinski definition) is 1. The van der Waals surface area contributed by atoms with Gasteiger partial charge < -0.3 is 19.2 Å². The monoisotopic (exact) mass is 389 g/mol. The lowest BCUT2D eigenvalue weighted by atomic mass is 10.1. The lowest BCUT2D eigenvalue weighted by Gasteiger charge is -2.10. The van der Waals surface area contributed by atoms with Crippen LogP contribution in [0.3, 0.4) is 0 Å². The zero-order valence-electron chi connectivity index (χ0n) is 16.2. The summed E-state index contributed by atoms with van der Waals surface area (Å²) in [6.45, 7) is 1.89. The summed E-state index contributed by atoms with van der Waals surface area (Å²) in [5.74, 6) is 0.690. The quantitative estimate of drug-likeness (QED) is 0.519. The Morgan fingerprint density at radius 3 is 2.48 bits per heavy atom. The van der Waals surface area contributed by atoms with E-state index in [1.54, 1.807) is 42.5 Å². The fourth-order valence-corrected chi connectivity index (χ4v) is 3.27. The van der Waals surface area contributed by atoms with Crippen LogP contribution in [0.4, 0.5) is 5.69 Å². The highest BCUT2D eigenvalue weighted by atomic mass is 16.5. The number of amides is 1. The van der Waals surface area contributed by atoms with Crippen molar-refractivity contribution in [1.82, 2.24) is 0 Å². The number of anilines is 1. The average Bonchev–Trinajstić information content (AvgIpc) is 2.74. The maximum Gasteiger partial charge on any atom is 0.255 e. The van der Waals surface area contributed by atoms with Crippen molar-refractivity contribution in [3.05, 3.63) is 75.9 Å². The van der Waals surface area contributed by atoms with E-state index in [1.807, 2.05) is 19.1 Å². The topological polar surface area (TPSA) is 77.8 Å². The van der Waals surface area contributed by atoms with Crippen molar-refractivity contribution in [2.24, 2.45) is 0 Å². The minimum atomic E-state index is -0.315. The predicted octanol–water partition coefficient (Wildman–Crippen LogP) is 4.52. The van der Waals surface area contributed by atoms with Crippen molar-refractivity contribution in [1.29, 1.82) is 0 Å². The molecule has 29 heavy (non-hydrogen) atoms. The zero-order valence-corrected chi connectivity index (χ0v) is 16.2. The second kappa shape index (κ2) is 7.31. The van der Waals surface area contributed by atoms with E-state index < -0.39 is 0 Å². The molecule has 1 aromatic heterocycles. The first-order chi connectivity index (χ1) is 14.0. The minimum Gasteiger partial charge on any atom is -0.493 e. The number of methoxy groups -OCH3 is 2. The molecule has 146 valence electrons. The highest BCUT2D eigenvalue weighted by molar-refractivity contribution is 6.05. The summed E-state index contributed by atoms with van der Waals surface area (Å²) in [5.41, 5.74) is 2.69. The van der Waals surface area contributed by atoms with Crippen LogP contribution in [0.5, 0.6) is 11.5 Å². The smallest absolute Gasteiger partial charge is 0.255 e. The third kappa shape index (κ3) is 3.29. The molecule has 3 aromatic carbocycles. The van der Waals surface area contributed by atoms with E-state index in [2.05, 4.69) is 5.32 Å². The van der Waals surface area contributed by atoms with Crippen LogP contribution < -0.4 is 20.2 Å². The molecule has 0 aliphatic carbocycles. The average molecular weight is 389 g/mol. The van der Waals surface area contributed by atoms with Gasteiger partial charge in [-0.2, -0.15) is 0 Å². The molecule has 0 fully saturated rings. The van der Waals surface area contributed by atoms with Gasteiger partial charge in [0.1, 0.15) is 11.2 Å². The highest BCUT2D eigenvalue weighted by Gasteiger charge is 2.13. The second-order valence-corrected chi connectivity index (χ2v) is 6.62. The summed E-state index contributed by atoms with van der Waals surface area (Å²) >= 11 is 0. The Bertz CT molecular complexity index is 1310. The van der Waals surface area contributed by atoms with Gasteiger partial charge in [0.2, 0.25) is 5.43 Å². The normalized spacial score (nSPS) is 10.9. The first-order valence-electron chi connectivity index (χ1n) is 9.01. The van der Waals surface area contributed by atoms with E-state index in [0.717, 1.165) is 5.56 Å². The molecule has 4 aromatic rings. The number of nitrogens with one attached hydrogen (secondary N) is 1. The number of hydrogen-bond acceptors (Lipinski definition) is 5. The molecule has 6 nitrogen and oxygen atoms in total. The molecule has 0 radical (unpaired) electrons. The van der Waals surface area contributed by atoms with Crippen molar-refractivity contribution in [3.8, 4) is 11.5 Å². The Kier molecular flexibility index (Phi) is 4.68. The zero-order chi connectivity index (χ0) is 20.5. The summed E-state index contributed by atoms with van der Waals surface area (Å²) in [7, 11) is 3.04. The number of para-hydroxylation sites is 1. The van der Waals surface area contributed by atoms with Crippen molar-refractivity contribution >= 4 is 33.5 Å². The molecule has 0 saturated carbocycles. The molecular formula is C23H19NO5. The van der Waals surface area contributed by atoms with Crippen LogP contribution >= 0.6 is 0 Å². The molecule has 1 heterocycles. The second-order valence-electron chi connectivity index (χ2n) is 6.62. The van der Waals surface area contributed by atoms with Gasteiger partial charge in [0.25, 0.3) is 5.91 Å². The lowest BCUT2D eigenvalue weighted by molar-refractivity contribution is 0.102. The largest absolute Gasteiger partial charge is 0.493 e. The molecule has 1 amide bonds. The molecule has 0 aliphatic heterocycles. The Morgan fingerprint density at radius 1 is 0.931 bits per heavy atom. The first-order valence-corrected chi connectivity index (χ1v) is 9.01. The molecule has 0 atom stereocenters. The third-order valence-electron chi connectivity index (χ3n) is 4.80. The molecule has 0 bridgehead atoms. The van der Waals surface area contributed by atoms with Crippen molar-refractivity contribution < 1.29 is 18.7 Å². The molecular weight excluding hydrogens is 370 g/mol. The van der Waals surface area contributed by atoms with Crippen LogP contribution in [-0.2, 0) is 0 Å². The van der Waals surface area contributed by atoms with Crippen LogP contribution in [0.2, 0.25) is 0 Å². The Hall–Kier alpha value is -3.80. The van der Waals surface area contributed by atoms with E-state index in [9.17, 15) is 9.59 Å². The van der Waals surface area contributed by atoms with E-state index in [0.29, 0.717) is 44.7 Å². The summed E-state index contributed by atoms with van der Waals surface area (Å²) in [4.78, 5) is 25.4. The van der Waals surface area contributed by atoms with Gasteiger partial charge >= 0.3 is 0 Å². The number of fused-ring (bicyclic) bond motifs is 2. The van der Waals surface area contributed by atoms with E-state index in [4.69, 9.17) is 13.9 Å². The molecule has 6 heteroatoms. The number of carbonyl (C=O) groups excluding carboxylic acids is 1. The summed E-state index contributed by atoms with van der Waals surface area (Å²) in [6, 6.07) is 15.4. The van der Waals surface area contributed by atoms with Gasteiger partial charge in [0.05, 0.1) is 25.0 Å². The maximum atomic E-state index is 12.8. The Balaban J connectivity index is 1.71. The van der Waals surface area contributed by atoms with Gasteiger partial charge in [-0.25, -0.2) is 0 Å². The number of benzene rings is 3. The third-order valence-corrected chi connectivity index (χ3v) is 4.80. The molecule has 0 unspecified atom stereocenters. The summed E-state index contributed by atoms with van der Waals surface area (Å²) in [5, 5.41) is 3.83. The van der Waals surface area contributed by atoms with Gasteiger partial charge in [0.15, 0.2) is 11.5 Å². The fourth-order valence-electron chi connectivity index (χ4n) is 3.27. The SMILES string of the molecule is COc1ccc(C(=O)Nc2ccc3c(=O)c4cccc(C)c4oc3c2)cc1OC. The summed E-state index contributed by atoms with van der Waals surface area (Å²) in [6.07, 6.45) is 0. The van der Waals surface area contributed by atoms with Gasteiger partial charge in [0, 0.05) is 17.3 Å². The maximum absolute atomic E-state index is 12.8. The molecule has 0 saturated heterocycles. The van der Waals surface area contributed by atoms with Crippen LogP contribution in [0.25, 0.3) is 21.9 Å². The highest BCUT2D eigenvalue weighted by Crippen LogP contribution is 2.28. The number of carbonyl (C=O) groups is 1. The minimum absolute atomic E-state index is 0.0947. The van der Waals surface area contributed by atoms with Gasteiger partial charge in [-0.15, -0.1) is 0 Å². The van der Waals surface area contributed by atoms with Crippen molar-refractivity contribution in [3.63, 3.8) is 0 Å². The van der Waals surface area contributed by atoms with Crippen LogP contribution in [0.1, 0.15) is 15.9 Å². The predicted molar refractivity (Wildman–Crippen MR) is 112 cm³/mol. The standard InChI is InChI=1S/C23H19NO5/c1-13-5-4-6-17-21(25)16-9-8-15(12-19(16)29-22(13)17)24-23(26)14-7-10-18(27-2)20(11-14)28-3/h4-12H,1-3H3,(H,24,26). The number of ether oxygens (including phenoxy) is 2. The van der Waals surface area contributed by atoms with Crippen molar-refractivity contribution in [2.45, 2.75) is 6.92 Å². The number of rotatable bonds is 4. The van der Waals surface area contributed by atoms with Crippen LogP contribution in [-0.4, -0.2) is 20.1 Å². The first kappa shape index (κ1) is 18.6.